The Hall–Kier alpha value is -7.94. The average Bonchev–Trinajstić information content (AvgIpc) is 3.66. The van der Waals surface area contributed by atoms with Gasteiger partial charge in [0, 0.05) is 38.2 Å². The van der Waals surface area contributed by atoms with Crippen LogP contribution in [0.2, 0.25) is 0 Å². The Morgan fingerprint density at radius 1 is 0.283 bits per heavy atom. The van der Waals surface area contributed by atoms with E-state index >= 15 is 0 Å². The molecule has 0 fully saturated rings. The molecule has 0 atom stereocenters. The molecule has 0 aliphatic heterocycles. The van der Waals surface area contributed by atoms with Gasteiger partial charge in [0.15, 0.2) is 0 Å². The molecular weight excluding hydrogens is 725 g/mol. The Kier molecular flexibility index (Phi) is 7.89. The normalized spacial score (nSPS) is 11.7. The Labute approximate surface area is 348 Å². The molecule has 2 nitrogen and oxygen atoms in total. The number of rotatable bonds is 7. The lowest BCUT2D eigenvalue weighted by Gasteiger charge is -2.33. The largest absolute Gasteiger partial charge is 0.309 e. The van der Waals surface area contributed by atoms with Crippen molar-refractivity contribution in [1.82, 2.24) is 4.57 Å². The lowest BCUT2D eigenvalue weighted by Crippen LogP contribution is -2.14. The van der Waals surface area contributed by atoms with Crippen LogP contribution in [-0.2, 0) is 0 Å². The third-order valence-electron chi connectivity index (χ3n) is 12.3. The van der Waals surface area contributed by atoms with Crippen molar-refractivity contribution in [3.05, 3.63) is 231 Å². The lowest BCUT2D eigenvalue weighted by atomic mass is 9.90. The first kappa shape index (κ1) is 34.1. The standard InChI is InChI=1S/C58H38N2/c1-4-17-39(18-5-1)44-23-10-13-28-51(44)60(58-45(40-19-6-2-7-20-40)26-16-27-46(58)41-21-8-3-9-22-41)55-38-34-43-31-35-49-54(37-33-42-32-36-50(55)57(43)56(42)49)59-52-29-14-11-24-47(52)48-25-12-15-30-53(48)59/h1-38H. The van der Waals surface area contributed by atoms with Crippen LogP contribution >= 0.6 is 0 Å². The summed E-state index contributed by atoms with van der Waals surface area (Å²) >= 11 is 0. The highest BCUT2D eigenvalue weighted by molar-refractivity contribution is 6.28. The Balaban J connectivity index is 1.20. The van der Waals surface area contributed by atoms with Crippen LogP contribution in [0.25, 0.3) is 93.2 Å². The van der Waals surface area contributed by atoms with Gasteiger partial charge in [-0.05, 0) is 68.6 Å². The summed E-state index contributed by atoms with van der Waals surface area (Å²) in [6, 6.07) is 84.4. The van der Waals surface area contributed by atoms with Gasteiger partial charge in [-0.3, -0.25) is 0 Å². The van der Waals surface area contributed by atoms with Crippen LogP contribution in [-0.4, -0.2) is 4.57 Å². The SMILES string of the molecule is c1ccc(-c2ccccc2N(c2c(-c3ccccc3)cccc2-c2ccccc2)c2ccc3ccc4c(-n5c6ccccc6c6ccccc65)ccc5ccc2c3c54)cc1. The quantitative estimate of drug-likeness (QED) is 0.147. The molecule has 0 spiro atoms. The molecule has 1 heterocycles. The highest BCUT2D eigenvalue weighted by atomic mass is 15.2. The first-order valence-corrected chi connectivity index (χ1v) is 20.7. The van der Waals surface area contributed by atoms with Crippen LogP contribution in [0.1, 0.15) is 0 Å². The minimum absolute atomic E-state index is 1.12. The van der Waals surface area contributed by atoms with Crippen molar-refractivity contribution >= 4 is 71.2 Å². The fraction of sp³-hybridized carbons (Fsp3) is 0. The third-order valence-corrected chi connectivity index (χ3v) is 12.3. The molecule has 0 bridgehead atoms. The smallest absolute Gasteiger partial charge is 0.0618 e. The predicted octanol–water partition coefficient (Wildman–Crippen LogP) is 16.2. The molecule has 2 heteroatoms. The summed E-state index contributed by atoms with van der Waals surface area (Å²) in [4.78, 5) is 2.55. The summed E-state index contributed by atoms with van der Waals surface area (Å²) in [5, 5.41) is 9.97. The number of aromatic nitrogens is 1. The minimum atomic E-state index is 1.12. The van der Waals surface area contributed by atoms with Crippen molar-refractivity contribution < 1.29 is 0 Å². The first-order chi connectivity index (χ1) is 29.8. The highest BCUT2D eigenvalue weighted by Gasteiger charge is 2.27. The summed E-state index contributed by atoms with van der Waals surface area (Å²) in [6.07, 6.45) is 0. The van der Waals surface area contributed by atoms with Crippen molar-refractivity contribution in [3.63, 3.8) is 0 Å². The van der Waals surface area contributed by atoms with E-state index in [1.807, 2.05) is 0 Å². The maximum Gasteiger partial charge on any atom is 0.0618 e. The third kappa shape index (κ3) is 5.28. The van der Waals surface area contributed by atoms with E-state index in [4.69, 9.17) is 0 Å². The van der Waals surface area contributed by atoms with E-state index < -0.39 is 0 Å². The van der Waals surface area contributed by atoms with E-state index in [2.05, 4.69) is 240 Å². The molecule has 0 radical (unpaired) electrons. The van der Waals surface area contributed by atoms with Gasteiger partial charge in [-0.25, -0.2) is 0 Å². The Morgan fingerprint density at radius 2 is 0.733 bits per heavy atom. The van der Waals surface area contributed by atoms with Crippen LogP contribution < -0.4 is 4.90 Å². The zero-order valence-corrected chi connectivity index (χ0v) is 32.8. The fourth-order valence-electron chi connectivity index (χ4n) is 9.73. The molecule has 0 aliphatic rings. The zero-order chi connectivity index (χ0) is 39.6. The van der Waals surface area contributed by atoms with Gasteiger partial charge in [-0.2, -0.15) is 0 Å². The van der Waals surface area contributed by atoms with Gasteiger partial charge >= 0.3 is 0 Å². The van der Waals surface area contributed by atoms with E-state index in [1.54, 1.807) is 0 Å². The molecule has 60 heavy (non-hydrogen) atoms. The molecule has 0 amide bonds. The van der Waals surface area contributed by atoms with Crippen molar-refractivity contribution in [3.8, 4) is 39.1 Å². The van der Waals surface area contributed by atoms with Crippen molar-refractivity contribution in [2.24, 2.45) is 0 Å². The van der Waals surface area contributed by atoms with Crippen LogP contribution in [0.4, 0.5) is 17.1 Å². The van der Waals surface area contributed by atoms with Gasteiger partial charge in [0.05, 0.1) is 33.8 Å². The Morgan fingerprint density at radius 3 is 1.35 bits per heavy atom. The number of nitrogens with zero attached hydrogens (tertiary/aromatic N) is 2. The lowest BCUT2D eigenvalue weighted by molar-refractivity contribution is 1.20. The minimum Gasteiger partial charge on any atom is -0.309 e. The molecule has 11 aromatic carbocycles. The summed E-state index contributed by atoms with van der Waals surface area (Å²) < 4.78 is 2.46. The maximum atomic E-state index is 2.55. The number of benzene rings is 11. The predicted molar refractivity (Wildman–Crippen MR) is 255 cm³/mol. The molecule has 0 saturated heterocycles. The number of anilines is 3. The second-order valence-corrected chi connectivity index (χ2v) is 15.6. The first-order valence-electron chi connectivity index (χ1n) is 20.7. The van der Waals surface area contributed by atoms with Gasteiger partial charge in [0.1, 0.15) is 0 Å². The van der Waals surface area contributed by atoms with Crippen LogP contribution in [0.5, 0.6) is 0 Å². The second-order valence-electron chi connectivity index (χ2n) is 15.6. The molecule has 1 aromatic heterocycles. The molecule has 0 saturated carbocycles. The zero-order valence-electron chi connectivity index (χ0n) is 32.8. The number of fused-ring (bicyclic) bond motifs is 3. The van der Waals surface area contributed by atoms with Gasteiger partial charge in [0.2, 0.25) is 0 Å². The summed E-state index contributed by atoms with van der Waals surface area (Å²) in [7, 11) is 0. The van der Waals surface area contributed by atoms with E-state index in [0.29, 0.717) is 0 Å². The molecule has 0 N–H and O–H groups in total. The molecule has 12 aromatic rings. The second kappa shape index (κ2) is 13.9. The van der Waals surface area contributed by atoms with Gasteiger partial charge in [0.25, 0.3) is 0 Å². The van der Waals surface area contributed by atoms with Crippen molar-refractivity contribution in [1.29, 1.82) is 0 Å². The van der Waals surface area contributed by atoms with E-state index in [9.17, 15) is 0 Å². The van der Waals surface area contributed by atoms with Gasteiger partial charge < -0.3 is 9.47 Å². The molecular formula is C58H38N2. The van der Waals surface area contributed by atoms with E-state index in [-0.39, 0.29) is 0 Å². The average molecular weight is 763 g/mol. The topological polar surface area (TPSA) is 8.17 Å². The van der Waals surface area contributed by atoms with Crippen LogP contribution in [0.15, 0.2) is 231 Å². The number of hydrogen-bond acceptors (Lipinski definition) is 1. The summed E-state index contributed by atoms with van der Waals surface area (Å²) in [5.74, 6) is 0. The molecule has 12 rings (SSSR count). The molecule has 0 unspecified atom stereocenters. The highest BCUT2D eigenvalue weighted by Crippen LogP contribution is 2.52. The number of para-hydroxylation sites is 4. The molecule has 0 aliphatic carbocycles. The van der Waals surface area contributed by atoms with E-state index in [0.717, 1.165) is 17.1 Å². The number of hydrogen-bond donors (Lipinski definition) is 0. The van der Waals surface area contributed by atoms with Gasteiger partial charge in [-0.1, -0.05) is 200 Å². The van der Waals surface area contributed by atoms with Crippen LogP contribution in [0, 0.1) is 0 Å². The van der Waals surface area contributed by atoms with Crippen molar-refractivity contribution in [2.75, 3.05) is 4.90 Å². The fourth-order valence-corrected chi connectivity index (χ4v) is 9.73. The van der Waals surface area contributed by atoms with Gasteiger partial charge in [-0.15, -0.1) is 0 Å². The summed E-state index contributed by atoms with van der Waals surface area (Å²) in [5.41, 5.74) is 14.0. The monoisotopic (exact) mass is 762 g/mol. The van der Waals surface area contributed by atoms with Crippen LogP contribution in [0.3, 0.4) is 0 Å². The maximum absolute atomic E-state index is 2.55. The van der Waals surface area contributed by atoms with E-state index in [1.165, 1.54) is 93.2 Å². The Bertz CT molecular complexity index is 3420. The van der Waals surface area contributed by atoms with Crippen molar-refractivity contribution in [2.45, 2.75) is 0 Å². The molecule has 280 valence electrons. The summed E-state index contributed by atoms with van der Waals surface area (Å²) in [6.45, 7) is 0.